The molecule has 2 N–H and O–H groups in total. The third-order valence-corrected chi connectivity index (χ3v) is 3.24. The third-order valence-electron chi connectivity index (χ3n) is 3.24. The Morgan fingerprint density at radius 2 is 1.63 bits per heavy atom. The molecular weight excluding hydrogens is 246 g/mol. The van der Waals surface area contributed by atoms with E-state index in [2.05, 4.69) is 13.8 Å². The first-order chi connectivity index (χ1) is 8.84. The molecule has 0 aliphatic carbocycles. The molecule has 19 heavy (non-hydrogen) atoms. The van der Waals surface area contributed by atoms with Gasteiger partial charge in [-0.25, -0.2) is 0 Å². The zero-order valence-corrected chi connectivity index (χ0v) is 12.3. The summed E-state index contributed by atoms with van der Waals surface area (Å²) >= 11 is 0. The Morgan fingerprint density at radius 3 is 2.11 bits per heavy atom. The van der Waals surface area contributed by atoms with E-state index in [0.29, 0.717) is 19.0 Å². The van der Waals surface area contributed by atoms with Crippen molar-refractivity contribution in [2.24, 2.45) is 5.92 Å². The molecule has 0 aliphatic heterocycles. The minimum Gasteiger partial charge on any atom is -0.481 e. The fraction of sp³-hybridized carbons (Fsp3) is 0.857. The average Bonchev–Trinajstić information content (AvgIpc) is 2.30. The second kappa shape index (κ2) is 9.78. The monoisotopic (exact) mass is 273 g/mol. The summed E-state index contributed by atoms with van der Waals surface area (Å²) in [7, 11) is 0. The van der Waals surface area contributed by atoms with Gasteiger partial charge in [-0.15, -0.1) is 0 Å². The molecule has 0 fully saturated rings. The lowest BCUT2D eigenvalue weighted by Crippen LogP contribution is -2.40. The van der Waals surface area contributed by atoms with Gasteiger partial charge in [-0.1, -0.05) is 33.1 Å². The number of rotatable bonds is 11. The SMILES string of the molecule is CC(C)CCCCCN(CCC(=O)O)C(C)C(=O)O. The Morgan fingerprint density at radius 1 is 1.00 bits per heavy atom. The summed E-state index contributed by atoms with van der Waals surface area (Å²) in [6, 6.07) is -0.621. The summed E-state index contributed by atoms with van der Waals surface area (Å²) in [6.07, 6.45) is 4.30. The van der Waals surface area contributed by atoms with Gasteiger partial charge in [0.15, 0.2) is 0 Å². The van der Waals surface area contributed by atoms with Gasteiger partial charge in [0.1, 0.15) is 6.04 Å². The van der Waals surface area contributed by atoms with Crippen molar-refractivity contribution < 1.29 is 19.8 Å². The lowest BCUT2D eigenvalue weighted by Gasteiger charge is -2.25. The van der Waals surface area contributed by atoms with E-state index in [-0.39, 0.29) is 6.42 Å². The van der Waals surface area contributed by atoms with E-state index in [0.717, 1.165) is 19.3 Å². The Bertz CT molecular complexity index is 279. The largest absolute Gasteiger partial charge is 0.481 e. The first kappa shape index (κ1) is 17.9. The Labute approximate surface area is 115 Å². The van der Waals surface area contributed by atoms with Gasteiger partial charge in [-0.2, -0.15) is 0 Å². The standard InChI is InChI=1S/C14H27NO4/c1-11(2)7-5-4-6-9-15(10-8-13(16)17)12(3)14(18)19/h11-12H,4-10H2,1-3H3,(H,16,17)(H,18,19). The molecule has 0 rings (SSSR count). The Kier molecular flexibility index (Phi) is 9.21. The van der Waals surface area contributed by atoms with Gasteiger partial charge >= 0.3 is 11.9 Å². The van der Waals surface area contributed by atoms with Gasteiger partial charge in [0.05, 0.1) is 6.42 Å². The van der Waals surface area contributed by atoms with E-state index in [1.165, 1.54) is 6.42 Å². The van der Waals surface area contributed by atoms with Crippen molar-refractivity contribution >= 4 is 11.9 Å². The molecule has 0 aromatic rings. The summed E-state index contributed by atoms with van der Waals surface area (Å²) < 4.78 is 0. The normalized spacial score (nSPS) is 12.9. The lowest BCUT2D eigenvalue weighted by molar-refractivity contribution is -0.144. The van der Waals surface area contributed by atoms with Crippen LogP contribution in [0.4, 0.5) is 0 Å². The molecular formula is C14H27NO4. The van der Waals surface area contributed by atoms with Crippen LogP contribution < -0.4 is 0 Å². The highest BCUT2D eigenvalue weighted by Gasteiger charge is 2.20. The summed E-state index contributed by atoms with van der Waals surface area (Å²) in [5.41, 5.74) is 0. The van der Waals surface area contributed by atoms with E-state index < -0.39 is 18.0 Å². The molecule has 0 aromatic carbocycles. The number of hydrogen-bond acceptors (Lipinski definition) is 3. The van der Waals surface area contributed by atoms with Crippen LogP contribution in [-0.4, -0.2) is 46.2 Å². The van der Waals surface area contributed by atoms with Gasteiger partial charge < -0.3 is 10.2 Å². The molecule has 112 valence electrons. The zero-order chi connectivity index (χ0) is 14.8. The van der Waals surface area contributed by atoms with Crippen LogP contribution in [0.5, 0.6) is 0 Å². The highest BCUT2D eigenvalue weighted by Crippen LogP contribution is 2.10. The lowest BCUT2D eigenvalue weighted by atomic mass is 10.1. The smallest absolute Gasteiger partial charge is 0.320 e. The summed E-state index contributed by atoms with van der Waals surface area (Å²) in [6.45, 7) is 6.93. The minimum atomic E-state index is -0.896. The second-order valence-electron chi connectivity index (χ2n) is 5.44. The van der Waals surface area contributed by atoms with Crippen molar-refractivity contribution in [1.29, 1.82) is 0 Å². The first-order valence-electron chi connectivity index (χ1n) is 7.03. The van der Waals surface area contributed by atoms with Gasteiger partial charge in [0.2, 0.25) is 0 Å². The Balaban J connectivity index is 4.04. The van der Waals surface area contributed by atoms with Crippen molar-refractivity contribution in [3.8, 4) is 0 Å². The molecule has 0 amide bonds. The Hall–Kier alpha value is -1.10. The minimum absolute atomic E-state index is 0.0103. The van der Waals surface area contributed by atoms with Crippen molar-refractivity contribution in [1.82, 2.24) is 4.90 Å². The van der Waals surface area contributed by atoms with Gasteiger partial charge in [-0.3, -0.25) is 14.5 Å². The van der Waals surface area contributed by atoms with E-state index in [4.69, 9.17) is 10.2 Å². The fourth-order valence-electron chi connectivity index (χ4n) is 1.94. The quantitative estimate of drug-likeness (QED) is 0.565. The van der Waals surface area contributed by atoms with Gasteiger partial charge in [0.25, 0.3) is 0 Å². The highest BCUT2D eigenvalue weighted by molar-refractivity contribution is 5.73. The zero-order valence-electron chi connectivity index (χ0n) is 12.3. The molecule has 0 aliphatic rings. The van der Waals surface area contributed by atoms with Crippen LogP contribution in [0.1, 0.15) is 52.9 Å². The topological polar surface area (TPSA) is 77.8 Å². The van der Waals surface area contributed by atoms with E-state index in [9.17, 15) is 9.59 Å². The number of aliphatic carboxylic acids is 2. The molecule has 5 nitrogen and oxygen atoms in total. The second-order valence-corrected chi connectivity index (χ2v) is 5.44. The van der Waals surface area contributed by atoms with Crippen molar-refractivity contribution in [3.63, 3.8) is 0 Å². The van der Waals surface area contributed by atoms with E-state index in [1.807, 2.05) is 0 Å². The fourth-order valence-corrected chi connectivity index (χ4v) is 1.94. The number of carboxylic acids is 2. The predicted octanol–water partition coefficient (Wildman–Crippen LogP) is 2.45. The number of carboxylic acid groups (broad SMARTS) is 2. The maximum absolute atomic E-state index is 11.0. The maximum Gasteiger partial charge on any atom is 0.320 e. The van der Waals surface area contributed by atoms with E-state index in [1.54, 1.807) is 11.8 Å². The number of carbonyl (C=O) groups is 2. The van der Waals surface area contributed by atoms with Crippen LogP contribution >= 0.6 is 0 Å². The van der Waals surface area contributed by atoms with Gasteiger partial charge in [-0.05, 0) is 25.8 Å². The van der Waals surface area contributed by atoms with Crippen molar-refractivity contribution in [2.45, 2.75) is 58.9 Å². The average molecular weight is 273 g/mol. The van der Waals surface area contributed by atoms with Crippen LogP contribution in [0.25, 0.3) is 0 Å². The summed E-state index contributed by atoms with van der Waals surface area (Å²) in [5, 5.41) is 17.7. The van der Waals surface area contributed by atoms with Crippen molar-refractivity contribution in [2.75, 3.05) is 13.1 Å². The highest BCUT2D eigenvalue weighted by atomic mass is 16.4. The molecule has 0 saturated heterocycles. The molecule has 1 unspecified atom stereocenters. The molecule has 5 heteroatoms. The van der Waals surface area contributed by atoms with Gasteiger partial charge in [0, 0.05) is 6.54 Å². The third kappa shape index (κ3) is 9.47. The molecule has 0 heterocycles. The van der Waals surface area contributed by atoms with Crippen LogP contribution in [-0.2, 0) is 9.59 Å². The number of nitrogens with zero attached hydrogens (tertiary/aromatic N) is 1. The summed E-state index contributed by atoms with van der Waals surface area (Å²) in [5.74, 6) is -1.09. The first-order valence-corrected chi connectivity index (χ1v) is 7.03. The van der Waals surface area contributed by atoms with Crippen LogP contribution in [0.15, 0.2) is 0 Å². The molecule has 0 bridgehead atoms. The molecule has 0 spiro atoms. The molecule has 0 aromatic heterocycles. The number of unbranched alkanes of at least 4 members (excludes halogenated alkanes) is 2. The summed E-state index contributed by atoms with van der Waals surface area (Å²) in [4.78, 5) is 23.3. The predicted molar refractivity (Wildman–Crippen MR) is 74.2 cm³/mol. The molecule has 0 radical (unpaired) electrons. The maximum atomic E-state index is 11.0. The van der Waals surface area contributed by atoms with Crippen LogP contribution in [0, 0.1) is 5.92 Å². The van der Waals surface area contributed by atoms with Crippen LogP contribution in [0.2, 0.25) is 0 Å². The van der Waals surface area contributed by atoms with Crippen molar-refractivity contribution in [3.05, 3.63) is 0 Å². The number of hydrogen-bond donors (Lipinski definition) is 2. The molecule has 1 atom stereocenters. The molecule has 0 saturated carbocycles. The van der Waals surface area contributed by atoms with E-state index >= 15 is 0 Å². The van der Waals surface area contributed by atoms with Crippen LogP contribution in [0.3, 0.4) is 0 Å².